The van der Waals surface area contributed by atoms with E-state index in [9.17, 15) is 13.2 Å². The summed E-state index contributed by atoms with van der Waals surface area (Å²) in [6.45, 7) is 5.21. The minimum Gasteiger partial charge on any atom is -0.459 e. The maximum Gasteiger partial charge on any atom is 0.321 e. The number of carbonyl (C=O) groups is 1. The molecule has 0 N–H and O–H groups in total. The molecule has 1 aromatic heterocycles. The summed E-state index contributed by atoms with van der Waals surface area (Å²) in [5, 5.41) is 1.62. The summed E-state index contributed by atoms with van der Waals surface area (Å²) in [5.74, 6) is -0.360. The molecule has 0 atom stereocenters. The van der Waals surface area contributed by atoms with Gasteiger partial charge < -0.3 is 4.74 Å². The second-order valence-corrected chi connectivity index (χ2v) is 11.7. The van der Waals surface area contributed by atoms with Crippen molar-refractivity contribution in [3.63, 3.8) is 0 Å². The van der Waals surface area contributed by atoms with Gasteiger partial charge in [0.1, 0.15) is 17.3 Å². The van der Waals surface area contributed by atoms with Crippen molar-refractivity contribution < 1.29 is 17.9 Å². The van der Waals surface area contributed by atoms with Crippen molar-refractivity contribution >= 4 is 50.0 Å². The number of esters is 1. The first-order valence-electron chi connectivity index (χ1n) is 10.4. The van der Waals surface area contributed by atoms with Gasteiger partial charge in [-0.15, -0.1) is 0 Å². The first-order valence-corrected chi connectivity index (χ1v) is 12.6. The van der Waals surface area contributed by atoms with Crippen LogP contribution in [0.15, 0.2) is 29.3 Å². The average Bonchev–Trinajstić information content (AvgIpc) is 2.69. The Kier molecular flexibility index (Phi) is 7.51. The average molecular weight is 487 g/mol. The van der Waals surface area contributed by atoms with Gasteiger partial charge in [0.15, 0.2) is 0 Å². The molecule has 0 amide bonds. The molecule has 1 heterocycles. The summed E-state index contributed by atoms with van der Waals surface area (Å²) in [4.78, 5) is 16.6. The second kappa shape index (κ2) is 9.61. The van der Waals surface area contributed by atoms with E-state index in [-0.39, 0.29) is 29.1 Å². The number of aromatic nitrogens is 1. The lowest BCUT2D eigenvalue weighted by Crippen LogP contribution is -2.41. The van der Waals surface area contributed by atoms with E-state index in [1.807, 2.05) is 0 Å². The van der Waals surface area contributed by atoms with Crippen LogP contribution in [0.1, 0.15) is 52.9 Å². The van der Waals surface area contributed by atoms with Gasteiger partial charge in [0.25, 0.3) is 0 Å². The van der Waals surface area contributed by atoms with E-state index in [1.165, 1.54) is 22.6 Å². The van der Waals surface area contributed by atoms with Crippen molar-refractivity contribution in [2.45, 2.75) is 63.4 Å². The predicted molar refractivity (Wildman–Crippen MR) is 123 cm³/mol. The third-order valence-electron chi connectivity index (χ3n) is 5.31. The molecule has 3 rings (SSSR count). The molecule has 2 aromatic rings. The number of pyridine rings is 1. The molecule has 0 unspecified atom stereocenters. The number of rotatable bonds is 6. The van der Waals surface area contributed by atoms with Crippen LogP contribution >= 0.6 is 23.2 Å². The molecule has 1 aromatic carbocycles. The van der Waals surface area contributed by atoms with Crippen molar-refractivity contribution in [2.24, 2.45) is 5.92 Å². The lowest BCUT2D eigenvalue weighted by molar-refractivity contribution is -0.155. The zero-order valence-corrected chi connectivity index (χ0v) is 20.4. The van der Waals surface area contributed by atoms with E-state index in [2.05, 4.69) is 4.98 Å². The summed E-state index contributed by atoms with van der Waals surface area (Å²) >= 11 is 12.4. The molecule has 1 fully saturated rings. The van der Waals surface area contributed by atoms with E-state index in [0.29, 0.717) is 15.8 Å². The number of fused-ring (bicyclic) bond motifs is 1. The van der Waals surface area contributed by atoms with Crippen LogP contribution in [0.25, 0.3) is 10.8 Å². The minimum atomic E-state index is -3.97. The number of hydrogen-bond acceptors (Lipinski definition) is 5. The fourth-order valence-corrected chi connectivity index (χ4v) is 5.79. The SMILES string of the molecule is CC(C)(C)OC(=O)CN(CC1CCCCC1)S(=O)(=O)c1ccc2c(Cl)cnc(Cl)c2c1. The molecule has 0 saturated heterocycles. The quantitative estimate of drug-likeness (QED) is 0.400. The summed E-state index contributed by atoms with van der Waals surface area (Å²) < 4.78 is 33.8. The largest absolute Gasteiger partial charge is 0.459 e. The van der Waals surface area contributed by atoms with Gasteiger partial charge in [-0.25, -0.2) is 13.4 Å². The van der Waals surface area contributed by atoms with Crippen molar-refractivity contribution in [3.8, 4) is 0 Å². The maximum absolute atomic E-state index is 13.6. The summed E-state index contributed by atoms with van der Waals surface area (Å²) in [6, 6.07) is 4.57. The van der Waals surface area contributed by atoms with Crippen molar-refractivity contribution in [1.29, 1.82) is 0 Å². The molecular formula is C22H28Cl2N2O4S. The van der Waals surface area contributed by atoms with Crippen LogP contribution < -0.4 is 0 Å². The topological polar surface area (TPSA) is 76.6 Å². The van der Waals surface area contributed by atoms with Gasteiger partial charge in [-0.05, 0) is 51.7 Å². The van der Waals surface area contributed by atoms with Crippen LogP contribution in [-0.2, 0) is 19.6 Å². The zero-order valence-electron chi connectivity index (χ0n) is 18.0. The highest BCUT2D eigenvalue weighted by Crippen LogP contribution is 2.32. The van der Waals surface area contributed by atoms with Crippen LogP contribution in [0.3, 0.4) is 0 Å². The number of halogens is 2. The van der Waals surface area contributed by atoms with Crippen LogP contribution in [0, 0.1) is 5.92 Å². The first-order chi connectivity index (χ1) is 14.5. The standard InChI is InChI=1S/C22H28Cl2N2O4S/c1-22(2,3)30-20(27)14-26(13-15-7-5-4-6-8-15)31(28,29)16-9-10-17-18(11-16)21(24)25-12-19(17)23/h9-12,15H,4-8,13-14H2,1-3H3. The van der Waals surface area contributed by atoms with Gasteiger partial charge >= 0.3 is 5.97 Å². The Morgan fingerprint density at radius 1 is 1.16 bits per heavy atom. The Bertz CT molecular complexity index is 1060. The lowest BCUT2D eigenvalue weighted by atomic mass is 9.89. The Hall–Kier alpha value is -1.41. The summed E-state index contributed by atoms with van der Waals surface area (Å²) in [7, 11) is -3.97. The molecule has 0 aliphatic heterocycles. The van der Waals surface area contributed by atoms with E-state index >= 15 is 0 Å². The number of hydrogen-bond donors (Lipinski definition) is 0. The highest BCUT2D eigenvalue weighted by molar-refractivity contribution is 7.89. The van der Waals surface area contributed by atoms with Crippen molar-refractivity contribution in [3.05, 3.63) is 34.6 Å². The number of benzene rings is 1. The highest BCUT2D eigenvalue weighted by Gasteiger charge is 2.31. The van der Waals surface area contributed by atoms with Gasteiger partial charge in [-0.2, -0.15) is 4.31 Å². The molecule has 0 bridgehead atoms. The molecule has 170 valence electrons. The Morgan fingerprint density at radius 3 is 2.48 bits per heavy atom. The molecule has 0 radical (unpaired) electrons. The third kappa shape index (κ3) is 6.09. The summed E-state index contributed by atoms with van der Waals surface area (Å²) in [5.41, 5.74) is -0.698. The molecule has 1 aliphatic carbocycles. The van der Waals surface area contributed by atoms with Gasteiger partial charge in [0.2, 0.25) is 10.0 Å². The lowest BCUT2D eigenvalue weighted by Gasteiger charge is -2.29. The van der Waals surface area contributed by atoms with Crippen LogP contribution in [0.5, 0.6) is 0 Å². The van der Waals surface area contributed by atoms with Gasteiger partial charge in [-0.1, -0.05) is 48.5 Å². The Morgan fingerprint density at radius 2 is 1.84 bits per heavy atom. The van der Waals surface area contributed by atoms with Crippen LogP contribution in [-0.4, -0.2) is 42.4 Å². The summed E-state index contributed by atoms with van der Waals surface area (Å²) in [6.07, 6.45) is 6.62. The molecule has 0 spiro atoms. The second-order valence-electron chi connectivity index (χ2n) is 8.99. The fraction of sp³-hybridized carbons (Fsp3) is 0.545. The maximum atomic E-state index is 13.6. The first kappa shape index (κ1) is 24.2. The molecule has 31 heavy (non-hydrogen) atoms. The monoisotopic (exact) mass is 486 g/mol. The smallest absolute Gasteiger partial charge is 0.321 e. The van der Waals surface area contributed by atoms with E-state index in [4.69, 9.17) is 27.9 Å². The number of nitrogens with zero attached hydrogens (tertiary/aromatic N) is 2. The number of sulfonamides is 1. The predicted octanol–water partition coefficient (Wildman–Crippen LogP) is 5.45. The van der Waals surface area contributed by atoms with E-state index in [0.717, 1.165) is 32.1 Å². The van der Waals surface area contributed by atoms with Crippen molar-refractivity contribution in [2.75, 3.05) is 13.1 Å². The van der Waals surface area contributed by atoms with Crippen LogP contribution in [0.2, 0.25) is 10.2 Å². The van der Waals surface area contributed by atoms with E-state index < -0.39 is 21.6 Å². The molecule has 6 nitrogen and oxygen atoms in total. The van der Waals surface area contributed by atoms with E-state index in [1.54, 1.807) is 26.8 Å². The van der Waals surface area contributed by atoms with Crippen LogP contribution in [0.4, 0.5) is 0 Å². The Balaban J connectivity index is 1.96. The molecule has 1 aliphatic rings. The highest BCUT2D eigenvalue weighted by atomic mass is 35.5. The molecule has 9 heteroatoms. The minimum absolute atomic E-state index is 0.0466. The van der Waals surface area contributed by atoms with Gasteiger partial charge in [0, 0.05) is 23.5 Å². The normalized spacial score (nSPS) is 16.1. The number of carbonyl (C=O) groups excluding carboxylic acids is 1. The molecule has 1 saturated carbocycles. The Labute approximate surface area is 193 Å². The van der Waals surface area contributed by atoms with Gasteiger partial charge in [0.05, 0.1) is 9.92 Å². The zero-order chi connectivity index (χ0) is 22.8. The molecular weight excluding hydrogens is 459 g/mol. The van der Waals surface area contributed by atoms with Gasteiger partial charge in [-0.3, -0.25) is 4.79 Å². The van der Waals surface area contributed by atoms with Crippen molar-refractivity contribution in [1.82, 2.24) is 9.29 Å². The third-order valence-corrected chi connectivity index (χ3v) is 7.72. The fourth-order valence-electron chi connectivity index (χ4n) is 3.89. The number of ether oxygens (including phenoxy) is 1.